The summed E-state index contributed by atoms with van der Waals surface area (Å²) in [6, 6.07) is 15.2. The fraction of sp³-hybridized carbons (Fsp3) is 0.0870. The van der Waals surface area contributed by atoms with Gasteiger partial charge in [-0.25, -0.2) is 14.4 Å². The van der Waals surface area contributed by atoms with Crippen LogP contribution in [0.3, 0.4) is 0 Å². The molecule has 5 nitrogen and oxygen atoms in total. The van der Waals surface area contributed by atoms with E-state index in [-0.39, 0.29) is 11.7 Å². The summed E-state index contributed by atoms with van der Waals surface area (Å²) in [5.41, 5.74) is 4.12. The Morgan fingerprint density at radius 1 is 1.03 bits per heavy atom. The minimum Gasteiger partial charge on any atom is -0.324 e. The Bertz CT molecular complexity index is 1260. The van der Waals surface area contributed by atoms with E-state index < -0.39 is 0 Å². The molecule has 4 rings (SSSR count). The average molecular weight is 384 g/mol. The SMILES string of the molecule is Cc1ccc(C#Cc2ncnc3c2cc(C(=O)Nc2ccc(F)cc2)n3C)cc1. The lowest BCUT2D eigenvalue weighted by Crippen LogP contribution is -2.15. The second-order valence-electron chi connectivity index (χ2n) is 6.63. The van der Waals surface area contributed by atoms with Crippen molar-refractivity contribution in [3.63, 3.8) is 0 Å². The molecule has 0 aliphatic heterocycles. The van der Waals surface area contributed by atoms with Crippen LogP contribution in [0, 0.1) is 24.6 Å². The molecule has 1 N–H and O–H groups in total. The van der Waals surface area contributed by atoms with Gasteiger partial charge in [0.25, 0.3) is 5.91 Å². The van der Waals surface area contributed by atoms with E-state index in [1.54, 1.807) is 17.7 Å². The third kappa shape index (κ3) is 3.85. The van der Waals surface area contributed by atoms with Gasteiger partial charge in [-0.2, -0.15) is 0 Å². The van der Waals surface area contributed by atoms with E-state index in [4.69, 9.17) is 0 Å². The van der Waals surface area contributed by atoms with Crippen molar-refractivity contribution in [3.8, 4) is 11.8 Å². The van der Waals surface area contributed by atoms with Crippen LogP contribution in [0.25, 0.3) is 11.0 Å². The Labute approximate surface area is 167 Å². The van der Waals surface area contributed by atoms with E-state index in [1.807, 2.05) is 31.2 Å². The van der Waals surface area contributed by atoms with Gasteiger partial charge in [0.2, 0.25) is 0 Å². The number of fused-ring (bicyclic) bond motifs is 1. The van der Waals surface area contributed by atoms with E-state index >= 15 is 0 Å². The Morgan fingerprint density at radius 2 is 1.76 bits per heavy atom. The largest absolute Gasteiger partial charge is 0.324 e. The number of nitrogens with one attached hydrogen (secondary N) is 1. The molecule has 0 saturated heterocycles. The van der Waals surface area contributed by atoms with Crippen LogP contribution in [0.5, 0.6) is 0 Å². The van der Waals surface area contributed by atoms with Crippen molar-refractivity contribution in [2.75, 3.05) is 5.32 Å². The van der Waals surface area contributed by atoms with Crippen molar-refractivity contribution in [2.45, 2.75) is 6.92 Å². The zero-order chi connectivity index (χ0) is 20.4. The lowest BCUT2D eigenvalue weighted by atomic mass is 10.1. The molecule has 6 heteroatoms. The van der Waals surface area contributed by atoms with Crippen molar-refractivity contribution >= 4 is 22.6 Å². The summed E-state index contributed by atoms with van der Waals surface area (Å²) in [4.78, 5) is 21.3. The van der Waals surface area contributed by atoms with Crippen LogP contribution in [0.2, 0.25) is 0 Å². The topological polar surface area (TPSA) is 59.8 Å². The molecule has 0 atom stereocenters. The number of aryl methyl sites for hydroxylation is 2. The number of aromatic nitrogens is 3. The van der Waals surface area contributed by atoms with Crippen molar-refractivity contribution in [2.24, 2.45) is 7.05 Å². The van der Waals surface area contributed by atoms with Crippen LogP contribution in [0.15, 0.2) is 60.9 Å². The molecule has 0 bridgehead atoms. The predicted octanol–water partition coefficient (Wildman–Crippen LogP) is 4.07. The molecule has 2 aromatic heterocycles. The smallest absolute Gasteiger partial charge is 0.272 e. The standard InChI is InChI=1S/C23H17FN4O/c1-15-3-5-16(6-4-15)7-12-20-19-13-21(28(2)22(19)26-14-25-20)23(29)27-18-10-8-17(24)9-11-18/h3-6,8-11,13-14H,1-2H3,(H,27,29). The molecular weight excluding hydrogens is 367 g/mol. The quantitative estimate of drug-likeness (QED) is 0.530. The van der Waals surface area contributed by atoms with Crippen LogP contribution >= 0.6 is 0 Å². The van der Waals surface area contributed by atoms with Crippen LogP contribution < -0.4 is 5.32 Å². The number of amides is 1. The maximum atomic E-state index is 13.1. The Balaban J connectivity index is 1.68. The number of nitrogens with zero attached hydrogens (tertiary/aromatic N) is 3. The molecule has 0 unspecified atom stereocenters. The highest BCUT2D eigenvalue weighted by Gasteiger charge is 2.16. The zero-order valence-electron chi connectivity index (χ0n) is 15.9. The molecule has 29 heavy (non-hydrogen) atoms. The summed E-state index contributed by atoms with van der Waals surface area (Å²) in [6.07, 6.45) is 1.43. The molecule has 1 amide bonds. The molecular formula is C23H17FN4O. The van der Waals surface area contributed by atoms with Crippen molar-refractivity contribution < 1.29 is 9.18 Å². The molecule has 2 aromatic carbocycles. The first-order valence-corrected chi connectivity index (χ1v) is 8.97. The number of halogens is 1. The summed E-state index contributed by atoms with van der Waals surface area (Å²) in [6.45, 7) is 2.02. The third-order valence-corrected chi connectivity index (χ3v) is 4.53. The summed E-state index contributed by atoms with van der Waals surface area (Å²) in [7, 11) is 1.76. The number of anilines is 1. The van der Waals surface area contributed by atoms with Gasteiger partial charge in [0.1, 0.15) is 29.2 Å². The monoisotopic (exact) mass is 384 g/mol. The molecule has 0 spiro atoms. The second kappa shape index (κ2) is 7.56. The number of hydrogen-bond donors (Lipinski definition) is 1. The Kier molecular flexibility index (Phi) is 4.80. The highest BCUT2D eigenvalue weighted by molar-refractivity contribution is 6.06. The maximum Gasteiger partial charge on any atom is 0.272 e. The zero-order valence-corrected chi connectivity index (χ0v) is 15.9. The lowest BCUT2D eigenvalue weighted by Gasteiger charge is -2.06. The summed E-state index contributed by atoms with van der Waals surface area (Å²) < 4.78 is 14.8. The first-order valence-electron chi connectivity index (χ1n) is 8.97. The Hall–Kier alpha value is -3.98. The maximum absolute atomic E-state index is 13.1. The van der Waals surface area contributed by atoms with Crippen molar-refractivity contribution in [1.29, 1.82) is 0 Å². The highest BCUT2D eigenvalue weighted by atomic mass is 19.1. The van der Waals surface area contributed by atoms with Crippen LogP contribution in [-0.2, 0) is 7.05 Å². The number of hydrogen-bond acceptors (Lipinski definition) is 3. The fourth-order valence-corrected chi connectivity index (χ4v) is 2.95. The minimum absolute atomic E-state index is 0.324. The number of carbonyl (C=O) groups excluding carboxylic acids is 1. The number of carbonyl (C=O) groups is 1. The number of benzene rings is 2. The predicted molar refractivity (Wildman–Crippen MR) is 110 cm³/mol. The highest BCUT2D eigenvalue weighted by Crippen LogP contribution is 2.20. The van der Waals surface area contributed by atoms with E-state index in [2.05, 4.69) is 27.1 Å². The fourth-order valence-electron chi connectivity index (χ4n) is 2.95. The molecule has 0 saturated carbocycles. The van der Waals surface area contributed by atoms with Gasteiger partial charge in [-0.3, -0.25) is 4.79 Å². The van der Waals surface area contributed by atoms with Crippen molar-refractivity contribution in [3.05, 3.63) is 89.3 Å². The van der Waals surface area contributed by atoms with E-state index in [9.17, 15) is 9.18 Å². The van der Waals surface area contributed by atoms with Gasteiger partial charge < -0.3 is 9.88 Å². The first kappa shape index (κ1) is 18.4. The molecule has 0 aliphatic carbocycles. The molecule has 4 aromatic rings. The van der Waals surface area contributed by atoms with E-state index in [0.29, 0.717) is 28.1 Å². The van der Waals surface area contributed by atoms with Gasteiger partial charge in [0.15, 0.2) is 0 Å². The molecule has 0 fully saturated rings. The van der Waals surface area contributed by atoms with Crippen molar-refractivity contribution in [1.82, 2.24) is 14.5 Å². The van der Waals surface area contributed by atoms with Gasteiger partial charge in [-0.05, 0) is 55.3 Å². The lowest BCUT2D eigenvalue weighted by molar-refractivity contribution is 0.101. The molecule has 2 heterocycles. The average Bonchev–Trinajstić information content (AvgIpc) is 3.07. The Morgan fingerprint density at radius 3 is 2.48 bits per heavy atom. The summed E-state index contributed by atoms with van der Waals surface area (Å²) in [5, 5.41) is 3.45. The third-order valence-electron chi connectivity index (χ3n) is 4.53. The number of rotatable bonds is 2. The first-order chi connectivity index (χ1) is 14.0. The van der Waals surface area contributed by atoms with Crippen LogP contribution in [0.1, 0.15) is 27.3 Å². The van der Waals surface area contributed by atoms with Gasteiger partial charge in [0, 0.05) is 18.3 Å². The normalized spacial score (nSPS) is 10.4. The molecule has 142 valence electrons. The van der Waals surface area contributed by atoms with Gasteiger partial charge in [-0.15, -0.1) is 0 Å². The van der Waals surface area contributed by atoms with Gasteiger partial charge in [-0.1, -0.05) is 23.6 Å². The second-order valence-corrected chi connectivity index (χ2v) is 6.63. The summed E-state index contributed by atoms with van der Waals surface area (Å²) in [5.74, 6) is 5.48. The van der Waals surface area contributed by atoms with Crippen LogP contribution in [0.4, 0.5) is 10.1 Å². The summed E-state index contributed by atoms with van der Waals surface area (Å²) >= 11 is 0. The van der Waals surface area contributed by atoms with Gasteiger partial charge in [0.05, 0.1) is 5.39 Å². The van der Waals surface area contributed by atoms with Crippen LogP contribution in [-0.4, -0.2) is 20.4 Å². The molecule has 0 radical (unpaired) electrons. The van der Waals surface area contributed by atoms with E-state index in [0.717, 1.165) is 5.56 Å². The van der Waals surface area contributed by atoms with E-state index in [1.165, 1.54) is 36.2 Å². The minimum atomic E-state index is -0.361. The van der Waals surface area contributed by atoms with Gasteiger partial charge >= 0.3 is 0 Å². The molecule has 0 aliphatic rings.